The van der Waals surface area contributed by atoms with E-state index in [9.17, 15) is 9.59 Å². The molecule has 5 nitrogen and oxygen atoms in total. The average Bonchev–Trinajstić information content (AvgIpc) is 3.59. The lowest BCUT2D eigenvalue weighted by Gasteiger charge is -2.51. The predicted molar refractivity (Wildman–Crippen MR) is 146 cm³/mol. The first-order valence-corrected chi connectivity index (χ1v) is 14.3. The van der Waals surface area contributed by atoms with Gasteiger partial charge in [-0.2, -0.15) is 0 Å². The Kier molecular flexibility index (Phi) is 7.67. The zero-order chi connectivity index (χ0) is 24.5. The summed E-state index contributed by atoms with van der Waals surface area (Å²) >= 11 is 3.15. The third-order valence-corrected chi connectivity index (χ3v) is 9.62. The molecule has 3 fully saturated rings. The van der Waals surface area contributed by atoms with Crippen molar-refractivity contribution in [2.45, 2.75) is 25.0 Å². The molecule has 0 aliphatic carbocycles. The average molecular weight is 553 g/mol. The van der Waals surface area contributed by atoms with Crippen molar-refractivity contribution in [2.75, 3.05) is 31.5 Å². The third kappa shape index (κ3) is 5.32. The zero-order valence-electron chi connectivity index (χ0n) is 20.3. The molecule has 3 saturated heterocycles. The summed E-state index contributed by atoms with van der Waals surface area (Å²) in [4.78, 5) is 27.6. The smallest absolute Gasteiger partial charge is 0.333 e. The number of nitrogens with zero attached hydrogens (tertiary/aromatic N) is 1. The SMILES string of the molecule is O=C(C[N+]12CCC(CC1)[C@@H](OC(=O)[C@@H](Nc1ccccc1)c1csc3ccccc13)C2)c1cccs1.[Cl-]. The Balaban J connectivity index is 0.00000280. The van der Waals surface area contributed by atoms with E-state index in [2.05, 4.69) is 22.8 Å². The molecule has 37 heavy (non-hydrogen) atoms. The first-order valence-electron chi connectivity index (χ1n) is 12.5. The summed E-state index contributed by atoms with van der Waals surface area (Å²) in [6.45, 7) is 3.17. The number of hydrogen-bond donors (Lipinski definition) is 1. The van der Waals surface area contributed by atoms with Gasteiger partial charge in [0.1, 0.15) is 13.1 Å². The number of ketones is 1. The standard InChI is InChI=1S/C29H29N2O3S2.ClH/c32-24(27-11-6-16-35-27)17-31-14-12-20(13-15-31)25(18-31)34-29(33)28(30-21-7-2-1-3-8-21)23-19-36-26-10-5-4-9-22(23)26;/h1-11,16,19-20,25,28,30H,12-15,17-18H2;1H/q+1;/p-1/t20?,25-,28-,31?;/m0./s1. The monoisotopic (exact) mass is 552 g/mol. The number of quaternary nitrogens is 1. The molecule has 0 spiro atoms. The van der Waals surface area contributed by atoms with Crippen LogP contribution in [0.2, 0.25) is 0 Å². The van der Waals surface area contributed by atoms with Gasteiger partial charge >= 0.3 is 5.97 Å². The topological polar surface area (TPSA) is 55.4 Å². The van der Waals surface area contributed by atoms with Crippen LogP contribution in [-0.2, 0) is 9.53 Å². The Hall–Kier alpha value is -2.71. The number of esters is 1. The highest BCUT2D eigenvalue weighted by molar-refractivity contribution is 7.17. The van der Waals surface area contributed by atoms with E-state index in [-0.39, 0.29) is 30.3 Å². The van der Waals surface area contributed by atoms with Crippen LogP contribution in [0.1, 0.15) is 34.1 Å². The van der Waals surface area contributed by atoms with Crippen LogP contribution in [0.4, 0.5) is 5.69 Å². The van der Waals surface area contributed by atoms with E-state index < -0.39 is 6.04 Å². The quantitative estimate of drug-likeness (QED) is 0.207. The van der Waals surface area contributed by atoms with Gasteiger partial charge in [0.25, 0.3) is 0 Å². The molecular weight excluding hydrogens is 524 g/mol. The largest absolute Gasteiger partial charge is 1.00 e. The van der Waals surface area contributed by atoms with Gasteiger partial charge in [-0.3, -0.25) is 4.79 Å². The van der Waals surface area contributed by atoms with Crippen LogP contribution < -0.4 is 17.7 Å². The molecule has 8 heteroatoms. The van der Waals surface area contributed by atoms with Crippen molar-refractivity contribution in [3.63, 3.8) is 0 Å². The van der Waals surface area contributed by atoms with E-state index in [1.165, 1.54) is 11.3 Å². The molecule has 0 amide bonds. The number of para-hydroxylation sites is 1. The summed E-state index contributed by atoms with van der Waals surface area (Å²) < 4.78 is 8.19. The van der Waals surface area contributed by atoms with Gasteiger partial charge in [0.2, 0.25) is 5.78 Å². The number of ether oxygens (including phenoxy) is 1. The molecule has 0 unspecified atom stereocenters. The second-order valence-corrected chi connectivity index (χ2v) is 11.8. The summed E-state index contributed by atoms with van der Waals surface area (Å²) in [6.07, 6.45) is 1.82. The molecule has 2 bridgehead atoms. The number of rotatable bonds is 8. The van der Waals surface area contributed by atoms with Gasteiger partial charge in [0.05, 0.1) is 18.0 Å². The molecular formula is C29H29ClN2O3S2. The number of hydrogen-bond acceptors (Lipinski definition) is 6. The van der Waals surface area contributed by atoms with Gasteiger partial charge in [-0.25, -0.2) is 4.79 Å². The van der Waals surface area contributed by atoms with E-state index in [0.717, 1.165) is 63.2 Å². The van der Waals surface area contributed by atoms with Gasteiger partial charge < -0.3 is 26.9 Å². The van der Waals surface area contributed by atoms with Crippen LogP contribution >= 0.6 is 22.7 Å². The summed E-state index contributed by atoms with van der Waals surface area (Å²) in [7, 11) is 0. The van der Waals surface area contributed by atoms with Gasteiger partial charge in [0.15, 0.2) is 12.1 Å². The Labute approximate surface area is 231 Å². The second kappa shape index (κ2) is 11.0. The molecule has 2 atom stereocenters. The lowest BCUT2D eigenvalue weighted by Crippen LogP contribution is -3.00. The highest BCUT2D eigenvalue weighted by Crippen LogP contribution is 2.38. The zero-order valence-corrected chi connectivity index (χ0v) is 22.7. The number of piperidine rings is 3. The minimum absolute atomic E-state index is 0. The number of benzene rings is 2. The molecule has 1 N–H and O–H groups in total. The Morgan fingerprint density at radius 3 is 2.49 bits per heavy atom. The van der Waals surface area contributed by atoms with Crippen molar-refractivity contribution < 1.29 is 31.2 Å². The van der Waals surface area contributed by atoms with Crippen molar-refractivity contribution in [3.8, 4) is 0 Å². The highest BCUT2D eigenvalue weighted by atomic mass is 35.5. The van der Waals surface area contributed by atoms with Crippen molar-refractivity contribution in [3.05, 3.63) is 87.9 Å². The molecule has 2 aromatic carbocycles. The van der Waals surface area contributed by atoms with Crippen molar-refractivity contribution in [2.24, 2.45) is 5.92 Å². The number of Topliss-reactive ketones (excluding diaryl/α,β-unsaturated/α-hetero) is 1. The fraction of sp³-hybridized carbons (Fsp3) is 0.310. The number of thiophene rings is 2. The maximum atomic E-state index is 13.8. The summed E-state index contributed by atoms with van der Waals surface area (Å²) in [5.41, 5.74) is 1.83. The van der Waals surface area contributed by atoms with E-state index in [4.69, 9.17) is 4.74 Å². The number of halogens is 1. The molecule has 2 aromatic heterocycles. The predicted octanol–water partition coefficient (Wildman–Crippen LogP) is 3.16. The number of nitrogens with one attached hydrogen (secondary N) is 1. The van der Waals surface area contributed by atoms with Crippen LogP contribution in [0.25, 0.3) is 10.1 Å². The molecule has 3 aliphatic heterocycles. The molecule has 0 radical (unpaired) electrons. The molecule has 192 valence electrons. The van der Waals surface area contributed by atoms with E-state index in [0.29, 0.717) is 12.5 Å². The highest BCUT2D eigenvalue weighted by Gasteiger charge is 2.49. The minimum atomic E-state index is -0.597. The van der Waals surface area contributed by atoms with Crippen LogP contribution in [-0.4, -0.2) is 48.5 Å². The molecule has 5 heterocycles. The Morgan fingerprint density at radius 2 is 1.73 bits per heavy atom. The maximum absolute atomic E-state index is 13.8. The second-order valence-electron chi connectivity index (χ2n) is 9.97. The van der Waals surface area contributed by atoms with Crippen LogP contribution in [0.5, 0.6) is 0 Å². The summed E-state index contributed by atoms with van der Waals surface area (Å²) in [6, 6.07) is 21.3. The van der Waals surface area contributed by atoms with Crippen molar-refractivity contribution in [1.82, 2.24) is 0 Å². The fourth-order valence-corrected chi connectivity index (χ4v) is 7.44. The van der Waals surface area contributed by atoms with E-state index >= 15 is 0 Å². The van der Waals surface area contributed by atoms with Gasteiger partial charge in [-0.1, -0.05) is 42.5 Å². The van der Waals surface area contributed by atoms with Gasteiger partial charge in [-0.05, 0) is 40.4 Å². The van der Waals surface area contributed by atoms with Crippen LogP contribution in [0.15, 0.2) is 77.5 Å². The minimum Gasteiger partial charge on any atom is -1.00 e. The first kappa shape index (κ1) is 25.9. The molecule has 4 aromatic rings. The Bertz CT molecular complexity index is 1360. The normalized spacial score (nSPS) is 23.2. The molecule has 7 rings (SSSR count). The van der Waals surface area contributed by atoms with E-state index in [1.54, 1.807) is 11.3 Å². The van der Waals surface area contributed by atoms with Crippen molar-refractivity contribution in [1.29, 1.82) is 0 Å². The summed E-state index contributed by atoms with van der Waals surface area (Å²) in [5.74, 6) is 0.315. The van der Waals surface area contributed by atoms with E-state index in [1.807, 2.05) is 60.0 Å². The van der Waals surface area contributed by atoms with Crippen LogP contribution in [0, 0.1) is 5.92 Å². The molecule has 0 saturated carbocycles. The fourth-order valence-electron chi connectivity index (χ4n) is 5.80. The Morgan fingerprint density at radius 1 is 0.973 bits per heavy atom. The van der Waals surface area contributed by atoms with Gasteiger partial charge in [0, 0.05) is 34.7 Å². The lowest BCUT2D eigenvalue weighted by molar-refractivity contribution is -0.938. The first-order chi connectivity index (χ1) is 17.6. The summed E-state index contributed by atoms with van der Waals surface area (Å²) in [5, 5.41) is 8.54. The third-order valence-electron chi connectivity index (χ3n) is 7.73. The van der Waals surface area contributed by atoms with Crippen molar-refractivity contribution >= 4 is 50.2 Å². The van der Waals surface area contributed by atoms with Gasteiger partial charge in [-0.15, -0.1) is 22.7 Å². The maximum Gasteiger partial charge on any atom is 0.333 e. The lowest BCUT2D eigenvalue weighted by atomic mass is 9.83. The number of fused-ring (bicyclic) bond motifs is 4. The number of carbonyl (C=O) groups excluding carboxylic acids is 2. The number of carbonyl (C=O) groups is 2. The molecule has 3 aliphatic rings. The van der Waals surface area contributed by atoms with Crippen LogP contribution in [0.3, 0.4) is 0 Å². The number of anilines is 1.